The monoisotopic (exact) mass is 162 g/mol. The zero-order chi connectivity index (χ0) is 6.85. The van der Waals surface area contributed by atoms with Crippen molar-refractivity contribution in [3.05, 3.63) is 17.5 Å². The van der Waals surface area contributed by atoms with Crippen molar-refractivity contribution in [3.8, 4) is 0 Å². The lowest BCUT2D eigenvalue weighted by Gasteiger charge is -1.93. The minimum Gasteiger partial charge on any atom is -0.359 e. The molecule has 1 aromatic rings. The van der Waals surface area contributed by atoms with Gasteiger partial charge in [-0.3, -0.25) is 0 Å². The van der Waals surface area contributed by atoms with Crippen molar-refractivity contribution in [2.45, 2.75) is 19.9 Å². The molecule has 0 radical (unpaired) electrons. The summed E-state index contributed by atoms with van der Waals surface area (Å²) in [6, 6.07) is 1.79. The number of nitrogens with two attached hydrogens (primary N) is 1. The highest BCUT2D eigenvalue weighted by atomic mass is 35.5. The molecule has 1 unspecified atom stereocenters. The van der Waals surface area contributed by atoms with Gasteiger partial charge in [-0.1, -0.05) is 5.16 Å². The Morgan fingerprint density at radius 2 is 2.30 bits per heavy atom. The average molecular weight is 163 g/mol. The second kappa shape index (κ2) is 3.58. The molecule has 0 aliphatic carbocycles. The zero-order valence-electron chi connectivity index (χ0n) is 6.00. The summed E-state index contributed by atoms with van der Waals surface area (Å²) < 4.78 is 4.85. The summed E-state index contributed by atoms with van der Waals surface area (Å²) >= 11 is 0. The van der Waals surface area contributed by atoms with E-state index in [1.54, 1.807) is 0 Å². The minimum absolute atomic E-state index is 0. The molecule has 0 fully saturated rings. The zero-order valence-corrected chi connectivity index (χ0v) is 6.81. The van der Waals surface area contributed by atoms with Gasteiger partial charge in [0.2, 0.25) is 0 Å². The molecule has 0 aliphatic heterocycles. The van der Waals surface area contributed by atoms with Crippen LogP contribution in [0.15, 0.2) is 10.6 Å². The Kier molecular flexibility index (Phi) is 3.39. The van der Waals surface area contributed by atoms with Crippen LogP contribution in [0.3, 0.4) is 0 Å². The highest BCUT2D eigenvalue weighted by Gasteiger charge is 2.03. The molecule has 58 valence electrons. The van der Waals surface area contributed by atoms with E-state index in [2.05, 4.69) is 5.16 Å². The van der Waals surface area contributed by atoms with E-state index in [1.165, 1.54) is 0 Å². The Labute approximate surface area is 66.0 Å². The highest BCUT2D eigenvalue weighted by molar-refractivity contribution is 5.85. The molecule has 1 aromatic heterocycles. The third-order valence-electron chi connectivity index (χ3n) is 1.09. The predicted molar refractivity (Wildman–Crippen MR) is 41.1 cm³/mol. The summed E-state index contributed by atoms with van der Waals surface area (Å²) in [6.45, 7) is 3.73. The molecule has 0 bridgehead atoms. The van der Waals surface area contributed by atoms with Gasteiger partial charge in [-0.25, -0.2) is 0 Å². The maximum absolute atomic E-state index is 5.49. The van der Waals surface area contributed by atoms with E-state index in [9.17, 15) is 0 Å². The molecule has 1 atom stereocenters. The Morgan fingerprint density at radius 3 is 2.50 bits per heavy atom. The number of aryl methyl sites for hydroxylation is 1. The molecule has 0 amide bonds. The maximum atomic E-state index is 5.49. The van der Waals surface area contributed by atoms with Crippen LogP contribution in [-0.4, -0.2) is 5.16 Å². The highest BCUT2D eigenvalue weighted by Crippen LogP contribution is 2.09. The van der Waals surface area contributed by atoms with Gasteiger partial charge < -0.3 is 10.3 Å². The van der Waals surface area contributed by atoms with E-state index in [4.69, 9.17) is 10.3 Å². The molecule has 0 aliphatic rings. The average Bonchev–Trinajstić information content (AvgIpc) is 2.14. The van der Waals surface area contributed by atoms with E-state index >= 15 is 0 Å². The molecule has 0 saturated heterocycles. The first kappa shape index (κ1) is 9.46. The molecule has 4 heteroatoms. The Balaban J connectivity index is 0.000000810. The molecule has 1 heterocycles. The molecular formula is C6H11ClN2O. The van der Waals surface area contributed by atoms with Crippen LogP contribution in [0.4, 0.5) is 0 Å². The van der Waals surface area contributed by atoms with Crippen LogP contribution >= 0.6 is 12.4 Å². The van der Waals surface area contributed by atoms with Crippen molar-refractivity contribution in [2.75, 3.05) is 0 Å². The molecule has 0 saturated carbocycles. The maximum Gasteiger partial charge on any atom is 0.153 e. The normalized spacial score (nSPS) is 12.3. The number of aromatic nitrogens is 1. The molecule has 0 spiro atoms. The van der Waals surface area contributed by atoms with Crippen molar-refractivity contribution >= 4 is 12.4 Å². The van der Waals surface area contributed by atoms with Gasteiger partial charge in [-0.05, 0) is 13.8 Å². The quantitative estimate of drug-likeness (QED) is 0.680. The number of hydrogen-bond acceptors (Lipinski definition) is 3. The van der Waals surface area contributed by atoms with Gasteiger partial charge >= 0.3 is 0 Å². The first-order valence-electron chi connectivity index (χ1n) is 2.89. The van der Waals surface area contributed by atoms with Gasteiger partial charge in [0.05, 0.1) is 11.7 Å². The summed E-state index contributed by atoms with van der Waals surface area (Å²) in [6.07, 6.45) is 0. The first-order valence-corrected chi connectivity index (χ1v) is 2.89. The van der Waals surface area contributed by atoms with Gasteiger partial charge in [0.25, 0.3) is 0 Å². The molecule has 3 nitrogen and oxygen atoms in total. The van der Waals surface area contributed by atoms with E-state index in [1.807, 2.05) is 19.9 Å². The number of halogens is 1. The van der Waals surface area contributed by atoms with Crippen molar-refractivity contribution in [1.29, 1.82) is 0 Å². The second-order valence-corrected chi connectivity index (χ2v) is 2.16. The van der Waals surface area contributed by atoms with E-state index < -0.39 is 0 Å². The minimum atomic E-state index is -0.0498. The fourth-order valence-corrected chi connectivity index (χ4v) is 0.598. The topological polar surface area (TPSA) is 52.0 Å². The van der Waals surface area contributed by atoms with E-state index in [-0.39, 0.29) is 18.4 Å². The number of rotatable bonds is 1. The van der Waals surface area contributed by atoms with Crippen LogP contribution in [0.2, 0.25) is 0 Å². The van der Waals surface area contributed by atoms with Gasteiger partial charge in [0, 0.05) is 6.07 Å². The number of hydrogen-bond donors (Lipinski definition) is 1. The lowest BCUT2D eigenvalue weighted by molar-refractivity contribution is 0.364. The van der Waals surface area contributed by atoms with Gasteiger partial charge in [0.1, 0.15) is 0 Å². The third-order valence-corrected chi connectivity index (χ3v) is 1.09. The standard InChI is InChI=1S/C6H10N2O.ClH/c1-4-3-6(5(2)7)9-8-4;/h3,5H,7H2,1-2H3;1H. The van der Waals surface area contributed by atoms with Crippen LogP contribution in [0.5, 0.6) is 0 Å². The lowest BCUT2D eigenvalue weighted by atomic mass is 10.2. The molecule has 2 N–H and O–H groups in total. The fraction of sp³-hybridized carbons (Fsp3) is 0.500. The Hall–Kier alpha value is -0.540. The smallest absolute Gasteiger partial charge is 0.153 e. The van der Waals surface area contributed by atoms with Crippen LogP contribution in [-0.2, 0) is 0 Å². The fourth-order valence-electron chi connectivity index (χ4n) is 0.598. The number of nitrogens with zero attached hydrogens (tertiary/aromatic N) is 1. The van der Waals surface area contributed by atoms with Gasteiger partial charge in [-0.2, -0.15) is 0 Å². The van der Waals surface area contributed by atoms with Crippen molar-refractivity contribution in [3.63, 3.8) is 0 Å². The summed E-state index contributed by atoms with van der Waals surface area (Å²) in [4.78, 5) is 0. The molecule has 10 heavy (non-hydrogen) atoms. The van der Waals surface area contributed by atoms with Gasteiger partial charge in [-0.15, -0.1) is 12.4 Å². The summed E-state index contributed by atoms with van der Waals surface area (Å²) in [5.74, 6) is 0.743. The SMILES string of the molecule is Cc1cc(C(C)N)on1.Cl. The van der Waals surface area contributed by atoms with Crippen LogP contribution in [0, 0.1) is 6.92 Å². The van der Waals surface area contributed by atoms with Crippen molar-refractivity contribution in [1.82, 2.24) is 5.16 Å². The van der Waals surface area contributed by atoms with Gasteiger partial charge in [0.15, 0.2) is 5.76 Å². The second-order valence-electron chi connectivity index (χ2n) is 2.16. The summed E-state index contributed by atoms with van der Waals surface area (Å²) in [7, 11) is 0. The lowest BCUT2D eigenvalue weighted by Crippen LogP contribution is -2.02. The molecular weight excluding hydrogens is 152 g/mol. The van der Waals surface area contributed by atoms with Crippen molar-refractivity contribution in [2.24, 2.45) is 5.73 Å². The largest absolute Gasteiger partial charge is 0.359 e. The Morgan fingerprint density at radius 1 is 1.70 bits per heavy atom. The molecule has 1 rings (SSSR count). The van der Waals surface area contributed by atoms with E-state index in [0.717, 1.165) is 11.5 Å². The van der Waals surface area contributed by atoms with Crippen LogP contribution in [0.25, 0.3) is 0 Å². The van der Waals surface area contributed by atoms with Crippen LogP contribution in [0.1, 0.15) is 24.4 Å². The predicted octanol–water partition coefficient (Wildman–Crippen LogP) is 1.42. The van der Waals surface area contributed by atoms with Crippen LogP contribution < -0.4 is 5.73 Å². The van der Waals surface area contributed by atoms with E-state index in [0.29, 0.717) is 0 Å². The molecule has 0 aromatic carbocycles. The summed E-state index contributed by atoms with van der Waals surface area (Å²) in [5.41, 5.74) is 6.37. The summed E-state index contributed by atoms with van der Waals surface area (Å²) in [5, 5.41) is 3.68. The first-order chi connectivity index (χ1) is 4.20. The van der Waals surface area contributed by atoms with Crippen molar-refractivity contribution < 1.29 is 4.52 Å². The third kappa shape index (κ3) is 2.01. The Bertz CT molecular complexity index is 197.